The highest BCUT2D eigenvalue weighted by atomic mass is 32.2. The van der Waals surface area contributed by atoms with E-state index in [1.54, 1.807) is 42.8 Å². The third-order valence-electron chi connectivity index (χ3n) is 4.08. The molecule has 0 fully saturated rings. The van der Waals surface area contributed by atoms with Crippen LogP contribution in [0.15, 0.2) is 76.4 Å². The molecule has 0 amide bonds. The molecule has 2 heterocycles. The third kappa shape index (κ3) is 4.39. The minimum absolute atomic E-state index is 0.155. The molecule has 3 aromatic rings. The Labute approximate surface area is 154 Å². The molecule has 2 aromatic heterocycles. The molecule has 1 aromatic carbocycles. The normalized spacial score (nSPS) is 11.8. The van der Waals surface area contributed by atoms with Crippen molar-refractivity contribution in [2.45, 2.75) is 37.8 Å². The van der Waals surface area contributed by atoms with Crippen molar-refractivity contribution in [3.63, 3.8) is 0 Å². The van der Waals surface area contributed by atoms with Crippen molar-refractivity contribution in [1.29, 1.82) is 0 Å². The van der Waals surface area contributed by atoms with Crippen LogP contribution in [-0.4, -0.2) is 17.7 Å². The summed E-state index contributed by atoms with van der Waals surface area (Å²) >= 11 is 0. The lowest BCUT2D eigenvalue weighted by Crippen LogP contribution is -2.30. The first-order valence-corrected chi connectivity index (χ1v) is 10.0. The van der Waals surface area contributed by atoms with E-state index in [0.29, 0.717) is 11.5 Å². The van der Waals surface area contributed by atoms with Gasteiger partial charge in [-0.05, 0) is 48.4 Å². The van der Waals surface area contributed by atoms with Crippen molar-refractivity contribution >= 4 is 10.0 Å². The Morgan fingerprint density at radius 3 is 2.42 bits per heavy atom. The smallest absolute Gasteiger partial charge is 0.243 e. The van der Waals surface area contributed by atoms with Gasteiger partial charge in [0.15, 0.2) is 0 Å². The standard InChI is InChI=1S/C20H22N2O3S/c1-2-6-17-9-11-20(12-10-17)26(23,24)22(16-19-8-5-14-25-19)15-18-7-3-4-13-21-18/h3-5,7-14H,2,6,15-16H2,1H3. The van der Waals surface area contributed by atoms with Crippen LogP contribution in [0.25, 0.3) is 0 Å². The summed E-state index contributed by atoms with van der Waals surface area (Å²) in [7, 11) is -3.67. The molecule has 0 unspecified atom stereocenters. The lowest BCUT2D eigenvalue weighted by molar-refractivity contribution is 0.355. The molecule has 26 heavy (non-hydrogen) atoms. The van der Waals surface area contributed by atoms with Gasteiger partial charge in [0.25, 0.3) is 0 Å². The van der Waals surface area contributed by atoms with Crippen LogP contribution in [-0.2, 0) is 29.5 Å². The first-order chi connectivity index (χ1) is 12.6. The molecular formula is C20H22N2O3S. The maximum Gasteiger partial charge on any atom is 0.243 e. The SMILES string of the molecule is CCCc1ccc(S(=O)(=O)N(Cc2ccccn2)Cc2ccco2)cc1. The highest BCUT2D eigenvalue weighted by Crippen LogP contribution is 2.21. The maximum atomic E-state index is 13.2. The number of sulfonamides is 1. The fraction of sp³-hybridized carbons (Fsp3) is 0.250. The van der Waals surface area contributed by atoms with E-state index < -0.39 is 10.0 Å². The summed E-state index contributed by atoms with van der Waals surface area (Å²) < 4.78 is 33.1. The van der Waals surface area contributed by atoms with Gasteiger partial charge in [0.05, 0.1) is 29.9 Å². The Morgan fingerprint density at radius 2 is 1.81 bits per heavy atom. The van der Waals surface area contributed by atoms with E-state index in [-0.39, 0.29) is 18.0 Å². The van der Waals surface area contributed by atoms with Crippen molar-refractivity contribution < 1.29 is 12.8 Å². The number of pyridine rings is 1. The summed E-state index contributed by atoms with van der Waals surface area (Å²) in [5.41, 5.74) is 1.82. The van der Waals surface area contributed by atoms with Crippen LogP contribution in [0.2, 0.25) is 0 Å². The van der Waals surface area contributed by atoms with Gasteiger partial charge in [0, 0.05) is 6.20 Å². The second kappa shape index (κ2) is 8.29. The highest BCUT2D eigenvalue weighted by molar-refractivity contribution is 7.89. The van der Waals surface area contributed by atoms with E-state index in [1.807, 2.05) is 24.3 Å². The highest BCUT2D eigenvalue weighted by Gasteiger charge is 2.26. The van der Waals surface area contributed by atoms with Crippen LogP contribution in [0.1, 0.15) is 30.4 Å². The van der Waals surface area contributed by atoms with Gasteiger partial charge in [-0.25, -0.2) is 8.42 Å². The van der Waals surface area contributed by atoms with E-state index in [1.165, 1.54) is 4.31 Å². The van der Waals surface area contributed by atoms with Gasteiger partial charge >= 0.3 is 0 Å². The average molecular weight is 370 g/mol. The quantitative estimate of drug-likeness (QED) is 0.601. The van der Waals surface area contributed by atoms with Gasteiger partial charge in [-0.2, -0.15) is 4.31 Å². The summed E-state index contributed by atoms with van der Waals surface area (Å²) in [5, 5.41) is 0. The second-order valence-electron chi connectivity index (χ2n) is 6.07. The number of rotatable bonds is 8. The fourth-order valence-electron chi connectivity index (χ4n) is 2.74. The van der Waals surface area contributed by atoms with Crippen molar-refractivity contribution in [3.8, 4) is 0 Å². The molecule has 5 nitrogen and oxygen atoms in total. The van der Waals surface area contributed by atoms with E-state index in [2.05, 4.69) is 11.9 Å². The number of aryl methyl sites for hydroxylation is 1. The van der Waals surface area contributed by atoms with Crippen LogP contribution < -0.4 is 0 Å². The van der Waals surface area contributed by atoms with Gasteiger partial charge in [-0.3, -0.25) is 4.98 Å². The van der Waals surface area contributed by atoms with Gasteiger partial charge in [-0.15, -0.1) is 0 Å². The lowest BCUT2D eigenvalue weighted by Gasteiger charge is -2.21. The van der Waals surface area contributed by atoms with E-state index in [0.717, 1.165) is 18.4 Å². The van der Waals surface area contributed by atoms with E-state index in [9.17, 15) is 8.42 Å². The first kappa shape index (κ1) is 18.4. The minimum atomic E-state index is -3.67. The first-order valence-electron chi connectivity index (χ1n) is 8.61. The van der Waals surface area contributed by atoms with Crippen molar-refractivity contribution in [2.75, 3.05) is 0 Å². The van der Waals surface area contributed by atoms with Crippen molar-refractivity contribution in [1.82, 2.24) is 9.29 Å². The summed E-state index contributed by atoms with van der Waals surface area (Å²) in [6.07, 6.45) is 5.16. The molecule has 0 radical (unpaired) electrons. The zero-order valence-electron chi connectivity index (χ0n) is 14.7. The average Bonchev–Trinajstić information content (AvgIpc) is 3.16. The molecule has 0 N–H and O–H groups in total. The second-order valence-corrected chi connectivity index (χ2v) is 8.01. The predicted molar refractivity (Wildman–Crippen MR) is 99.8 cm³/mol. The molecule has 0 bridgehead atoms. The molecule has 0 aliphatic carbocycles. The number of furan rings is 1. The van der Waals surface area contributed by atoms with Crippen LogP contribution in [0.4, 0.5) is 0 Å². The number of nitrogens with zero attached hydrogens (tertiary/aromatic N) is 2. The van der Waals surface area contributed by atoms with E-state index >= 15 is 0 Å². The Morgan fingerprint density at radius 1 is 1.00 bits per heavy atom. The molecule has 0 spiro atoms. The number of hydrogen-bond acceptors (Lipinski definition) is 4. The van der Waals surface area contributed by atoms with Crippen LogP contribution >= 0.6 is 0 Å². The van der Waals surface area contributed by atoms with Crippen molar-refractivity contribution in [3.05, 3.63) is 84.1 Å². The summed E-state index contributed by atoms with van der Waals surface area (Å²) in [6.45, 7) is 2.44. The van der Waals surface area contributed by atoms with Crippen LogP contribution in [0, 0.1) is 0 Å². The Hall–Kier alpha value is -2.44. The summed E-state index contributed by atoms with van der Waals surface area (Å²) in [4.78, 5) is 4.53. The molecular weight excluding hydrogens is 348 g/mol. The maximum absolute atomic E-state index is 13.2. The largest absolute Gasteiger partial charge is 0.468 e. The molecule has 0 aliphatic rings. The van der Waals surface area contributed by atoms with Gasteiger partial charge in [0.2, 0.25) is 10.0 Å². The molecule has 3 rings (SSSR count). The number of hydrogen-bond donors (Lipinski definition) is 0. The Balaban J connectivity index is 1.90. The summed E-state index contributed by atoms with van der Waals surface area (Å²) in [5.74, 6) is 0.590. The number of aromatic nitrogens is 1. The zero-order chi connectivity index (χ0) is 18.4. The Kier molecular flexibility index (Phi) is 5.85. The predicted octanol–water partition coefficient (Wildman–Crippen LogP) is 4.02. The molecule has 0 aliphatic heterocycles. The molecule has 136 valence electrons. The molecule has 0 atom stereocenters. The van der Waals surface area contributed by atoms with E-state index in [4.69, 9.17) is 4.42 Å². The molecule has 0 saturated heterocycles. The third-order valence-corrected chi connectivity index (χ3v) is 5.88. The topological polar surface area (TPSA) is 63.4 Å². The zero-order valence-corrected chi connectivity index (χ0v) is 15.5. The number of benzene rings is 1. The summed E-state index contributed by atoms with van der Waals surface area (Å²) in [6, 6.07) is 16.1. The Bertz CT molecular complexity index is 905. The minimum Gasteiger partial charge on any atom is -0.468 e. The fourth-order valence-corrected chi connectivity index (χ4v) is 4.12. The lowest BCUT2D eigenvalue weighted by atomic mass is 10.1. The monoisotopic (exact) mass is 370 g/mol. The van der Waals surface area contributed by atoms with Crippen LogP contribution in [0.5, 0.6) is 0 Å². The van der Waals surface area contributed by atoms with Gasteiger partial charge in [-0.1, -0.05) is 31.5 Å². The molecule has 6 heteroatoms. The van der Waals surface area contributed by atoms with Crippen molar-refractivity contribution in [2.24, 2.45) is 0 Å². The van der Waals surface area contributed by atoms with Crippen LogP contribution in [0.3, 0.4) is 0 Å². The molecule has 0 saturated carbocycles. The van der Waals surface area contributed by atoms with Gasteiger partial charge in [0.1, 0.15) is 5.76 Å². The van der Waals surface area contributed by atoms with Gasteiger partial charge < -0.3 is 4.42 Å².